The van der Waals surface area contributed by atoms with Crippen molar-refractivity contribution < 1.29 is 9.90 Å². The molecule has 0 spiro atoms. The van der Waals surface area contributed by atoms with E-state index in [1.54, 1.807) is 0 Å². The summed E-state index contributed by atoms with van der Waals surface area (Å²) in [7, 11) is 0. The number of carboxylic acids is 1. The van der Waals surface area contributed by atoms with Crippen molar-refractivity contribution in [3.63, 3.8) is 0 Å². The first-order valence-corrected chi connectivity index (χ1v) is 5.12. The van der Waals surface area contributed by atoms with Crippen molar-refractivity contribution >= 4 is 5.97 Å². The minimum Gasteiger partial charge on any atom is -0.480 e. The molecule has 1 heterocycles. The van der Waals surface area contributed by atoms with E-state index in [2.05, 4.69) is 5.32 Å². The number of carboxylic acid groups (broad SMARTS) is 1. The maximum Gasteiger partial charge on any atom is 0.321 e. The van der Waals surface area contributed by atoms with Crippen LogP contribution in [0.2, 0.25) is 0 Å². The normalized spacial score (nSPS) is 27.7. The Hall–Kier alpha value is -1.35. The van der Waals surface area contributed by atoms with E-state index in [9.17, 15) is 4.79 Å². The van der Waals surface area contributed by atoms with E-state index in [1.807, 2.05) is 38.2 Å². The number of nitrogens with one attached hydrogen (secondary N) is 1. The van der Waals surface area contributed by atoms with Gasteiger partial charge in [-0.25, -0.2) is 0 Å². The highest BCUT2D eigenvalue weighted by molar-refractivity contribution is 5.75. The van der Waals surface area contributed by atoms with Gasteiger partial charge in [0.2, 0.25) is 0 Å². The summed E-state index contributed by atoms with van der Waals surface area (Å²) in [5.74, 6) is -0.781. The van der Waals surface area contributed by atoms with Crippen molar-refractivity contribution in [2.45, 2.75) is 26.3 Å². The van der Waals surface area contributed by atoms with Crippen LogP contribution in [0.4, 0.5) is 0 Å². The molecule has 15 heavy (non-hydrogen) atoms. The summed E-state index contributed by atoms with van der Waals surface area (Å²) in [5.41, 5.74) is 2.30. The average Bonchev–Trinajstić information content (AvgIpc) is 2.25. The zero-order chi connectivity index (χ0) is 11.3. The summed E-state index contributed by atoms with van der Waals surface area (Å²) in [4.78, 5) is 10.8. The van der Waals surface area contributed by atoms with E-state index in [1.165, 1.54) is 5.57 Å². The second-order valence-corrected chi connectivity index (χ2v) is 3.51. The summed E-state index contributed by atoms with van der Waals surface area (Å²) < 4.78 is 0. The summed E-state index contributed by atoms with van der Waals surface area (Å²) in [5, 5.41) is 11.9. The number of carbonyl (C=O) groups is 1. The third kappa shape index (κ3) is 3.06. The summed E-state index contributed by atoms with van der Waals surface area (Å²) >= 11 is 0. The number of aliphatic carboxylic acids is 1. The van der Waals surface area contributed by atoms with E-state index in [4.69, 9.17) is 5.11 Å². The van der Waals surface area contributed by atoms with Gasteiger partial charge in [0.05, 0.1) is 0 Å². The molecule has 0 aromatic heterocycles. The van der Waals surface area contributed by atoms with Gasteiger partial charge in [0.15, 0.2) is 0 Å². The number of rotatable bonds is 2. The molecule has 1 rings (SSSR count). The number of allylic oxidation sites excluding steroid dienone is 4. The molecule has 0 aromatic carbocycles. The van der Waals surface area contributed by atoms with Gasteiger partial charge in [-0.05, 0) is 31.4 Å². The molecule has 0 aliphatic carbocycles. The molecule has 0 bridgehead atoms. The van der Waals surface area contributed by atoms with Gasteiger partial charge in [-0.2, -0.15) is 0 Å². The zero-order valence-electron chi connectivity index (χ0n) is 9.16. The molecular weight excluding hydrogens is 190 g/mol. The van der Waals surface area contributed by atoms with Crippen LogP contribution in [0.1, 0.15) is 20.3 Å². The molecule has 2 N–H and O–H groups in total. The van der Waals surface area contributed by atoms with Crippen LogP contribution in [0.25, 0.3) is 0 Å². The Labute approximate surface area is 90.2 Å². The van der Waals surface area contributed by atoms with Crippen LogP contribution < -0.4 is 5.32 Å². The van der Waals surface area contributed by atoms with Crippen molar-refractivity contribution in [3.8, 4) is 0 Å². The Balaban J connectivity index is 2.83. The molecule has 1 aliphatic rings. The third-order valence-electron chi connectivity index (χ3n) is 2.51. The lowest BCUT2D eigenvalue weighted by molar-refractivity contribution is -0.139. The van der Waals surface area contributed by atoms with Crippen LogP contribution in [-0.4, -0.2) is 23.7 Å². The fourth-order valence-corrected chi connectivity index (χ4v) is 1.62. The van der Waals surface area contributed by atoms with Crippen LogP contribution >= 0.6 is 0 Å². The molecular formula is C12H17NO2. The lowest BCUT2D eigenvalue weighted by Crippen LogP contribution is -2.42. The van der Waals surface area contributed by atoms with E-state index in [-0.39, 0.29) is 0 Å². The highest BCUT2D eigenvalue weighted by Gasteiger charge is 2.24. The maximum atomic E-state index is 10.8. The van der Waals surface area contributed by atoms with Crippen molar-refractivity contribution in [1.29, 1.82) is 0 Å². The second-order valence-electron chi connectivity index (χ2n) is 3.51. The van der Waals surface area contributed by atoms with Gasteiger partial charge in [0.1, 0.15) is 6.04 Å². The third-order valence-corrected chi connectivity index (χ3v) is 2.51. The zero-order valence-corrected chi connectivity index (χ0v) is 9.16. The Bertz CT molecular complexity index is 327. The van der Waals surface area contributed by atoms with Crippen LogP contribution in [0.5, 0.6) is 0 Å². The standard InChI is InChI=1S/C12H17NO2/c1-3-5-6-10-7-11(12(14)15)13-8-9(10)4-2/h3-6,11,13H,7-8H2,1-2H3,(H,14,15)/b5-3-,9-4-,10-6-. The molecule has 1 atom stereocenters. The predicted molar refractivity (Wildman–Crippen MR) is 60.7 cm³/mol. The maximum absolute atomic E-state index is 10.8. The molecule has 0 saturated carbocycles. The smallest absolute Gasteiger partial charge is 0.321 e. The first kappa shape index (κ1) is 11.7. The number of hydrogen-bond donors (Lipinski definition) is 2. The van der Waals surface area contributed by atoms with E-state index < -0.39 is 12.0 Å². The topological polar surface area (TPSA) is 49.3 Å². The molecule has 3 heteroatoms. The van der Waals surface area contributed by atoms with Crippen LogP contribution in [-0.2, 0) is 4.79 Å². The first-order chi connectivity index (χ1) is 7.19. The summed E-state index contributed by atoms with van der Waals surface area (Å²) in [6.45, 7) is 4.56. The minimum absolute atomic E-state index is 0.454. The highest BCUT2D eigenvalue weighted by atomic mass is 16.4. The lowest BCUT2D eigenvalue weighted by Gasteiger charge is -2.25. The summed E-state index contributed by atoms with van der Waals surface area (Å²) in [6.07, 6.45) is 8.47. The molecule has 1 saturated heterocycles. The van der Waals surface area contributed by atoms with E-state index in [0.717, 1.165) is 5.57 Å². The minimum atomic E-state index is -0.781. The van der Waals surface area contributed by atoms with Crippen molar-refractivity contribution in [3.05, 3.63) is 35.5 Å². The summed E-state index contributed by atoms with van der Waals surface area (Å²) in [6, 6.07) is -0.454. The van der Waals surface area contributed by atoms with E-state index >= 15 is 0 Å². The van der Waals surface area contributed by atoms with Crippen molar-refractivity contribution in [1.82, 2.24) is 5.32 Å². The molecule has 0 radical (unpaired) electrons. The monoisotopic (exact) mass is 207 g/mol. The van der Waals surface area contributed by atoms with Gasteiger partial charge < -0.3 is 10.4 Å². The second kappa shape index (κ2) is 5.51. The Kier molecular flexibility index (Phi) is 4.31. The van der Waals surface area contributed by atoms with Gasteiger partial charge in [-0.1, -0.05) is 24.3 Å². The van der Waals surface area contributed by atoms with Gasteiger partial charge in [-0.3, -0.25) is 4.79 Å². The average molecular weight is 207 g/mol. The van der Waals surface area contributed by atoms with E-state index in [0.29, 0.717) is 13.0 Å². The van der Waals surface area contributed by atoms with Crippen molar-refractivity contribution in [2.24, 2.45) is 0 Å². The SMILES string of the molecule is C\C=C/C=C1/CC(C(=O)O)NC/C1=C/C. The molecule has 1 fully saturated rings. The fraction of sp³-hybridized carbons (Fsp3) is 0.417. The molecule has 82 valence electrons. The Morgan fingerprint density at radius 1 is 1.47 bits per heavy atom. The van der Waals surface area contributed by atoms with Gasteiger partial charge in [-0.15, -0.1) is 0 Å². The van der Waals surface area contributed by atoms with Crippen LogP contribution in [0, 0.1) is 0 Å². The molecule has 0 amide bonds. The highest BCUT2D eigenvalue weighted by Crippen LogP contribution is 2.21. The Morgan fingerprint density at radius 3 is 2.73 bits per heavy atom. The Morgan fingerprint density at radius 2 is 2.20 bits per heavy atom. The first-order valence-electron chi connectivity index (χ1n) is 5.12. The number of piperidine rings is 1. The molecule has 0 aromatic rings. The van der Waals surface area contributed by atoms with Gasteiger partial charge in [0.25, 0.3) is 0 Å². The van der Waals surface area contributed by atoms with Crippen molar-refractivity contribution in [2.75, 3.05) is 6.54 Å². The lowest BCUT2D eigenvalue weighted by atomic mass is 9.93. The van der Waals surface area contributed by atoms with Gasteiger partial charge in [0, 0.05) is 6.54 Å². The largest absolute Gasteiger partial charge is 0.480 e. The quantitative estimate of drug-likeness (QED) is 0.727. The van der Waals surface area contributed by atoms with Crippen LogP contribution in [0.15, 0.2) is 35.5 Å². The van der Waals surface area contributed by atoms with Gasteiger partial charge >= 0.3 is 5.97 Å². The molecule has 1 unspecified atom stereocenters. The van der Waals surface area contributed by atoms with Crippen LogP contribution in [0.3, 0.4) is 0 Å². The predicted octanol–water partition coefficient (Wildman–Crippen LogP) is 1.88. The number of hydrogen-bond acceptors (Lipinski definition) is 2. The fourth-order valence-electron chi connectivity index (χ4n) is 1.62. The molecule has 1 aliphatic heterocycles. The molecule has 3 nitrogen and oxygen atoms in total.